The van der Waals surface area contributed by atoms with Crippen molar-refractivity contribution in [1.29, 1.82) is 0 Å². The molecule has 2 N–H and O–H groups in total. The van der Waals surface area contributed by atoms with Crippen molar-refractivity contribution in [1.82, 2.24) is 0 Å². The minimum atomic E-state index is 0.243. The van der Waals surface area contributed by atoms with Crippen LogP contribution in [0.1, 0.15) is 12.0 Å². The van der Waals surface area contributed by atoms with Crippen LogP contribution in [0.25, 0.3) is 0 Å². The fourth-order valence-corrected chi connectivity index (χ4v) is 3.24. The second-order valence-electron chi connectivity index (χ2n) is 4.34. The Hall–Kier alpha value is -1.45. The maximum absolute atomic E-state index is 8.96. The van der Waals surface area contributed by atoms with E-state index in [2.05, 4.69) is 41.7 Å². The molecule has 18 heavy (non-hydrogen) atoms. The summed E-state index contributed by atoms with van der Waals surface area (Å²) in [5.74, 6) is 0. The van der Waals surface area contributed by atoms with Crippen molar-refractivity contribution in [3.8, 4) is 0 Å². The fraction of sp³-hybridized carbons (Fsp3) is 0.200. The Morgan fingerprint density at radius 1 is 1.00 bits per heavy atom. The van der Waals surface area contributed by atoms with E-state index < -0.39 is 0 Å². The Morgan fingerprint density at radius 2 is 1.83 bits per heavy atom. The van der Waals surface area contributed by atoms with Crippen LogP contribution in [0.4, 0.5) is 11.4 Å². The van der Waals surface area contributed by atoms with Crippen LogP contribution in [0.15, 0.2) is 52.3 Å². The molecular formula is C15H15NOS. The summed E-state index contributed by atoms with van der Waals surface area (Å²) in [6, 6.07) is 14.7. The number of hydrogen-bond donors (Lipinski definition) is 2. The van der Waals surface area contributed by atoms with E-state index in [1.54, 1.807) is 11.8 Å². The van der Waals surface area contributed by atoms with Crippen molar-refractivity contribution in [3.63, 3.8) is 0 Å². The van der Waals surface area contributed by atoms with Crippen molar-refractivity contribution < 1.29 is 5.11 Å². The Kier molecular flexibility index (Phi) is 3.26. The van der Waals surface area contributed by atoms with Crippen molar-refractivity contribution in [2.75, 3.05) is 11.9 Å². The van der Waals surface area contributed by atoms with Crippen LogP contribution in [0.2, 0.25) is 0 Å². The number of para-hydroxylation sites is 2. The first-order chi connectivity index (χ1) is 8.88. The number of aliphatic hydroxyl groups is 1. The Morgan fingerprint density at radius 3 is 2.72 bits per heavy atom. The number of aliphatic hydroxyl groups excluding tert-OH is 1. The van der Waals surface area contributed by atoms with E-state index in [-0.39, 0.29) is 6.61 Å². The number of aryl methyl sites for hydroxylation is 1. The Labute approximate surface area is 111 Å². The van der Waals surface area contributed by atoms with Gasteiger partial charge in [-0.05, 0) is 36.6 Å². The lowest BCUT2D eigenvalue weighted by Crippen LogP contribution is -2.03. The molecular weight excluding hydrogens is 242 g/mol. The van der Waals surface area contributed by atoms with Crippen LogP contribution < -0.4 is 5.32 Å². The van der Waals surface area contributed by atoms with Gasteiger partial charge in [0, 0.05) is 16.4 Å². The zero-order valence-corrected chi connectivity index (χ0v) is 10.8. The second-order valence-corrected chi connectivity index (χ2v) is 5.42. The number of anilines is 2. The smallest absolute Gasteiger partial charge is 0.0558 e. The molecule has 1 aliphatic heterocycles. The van der Waals surface area contributed by atoms with Crippen LogP contribution in [-0.2, 0) is 6.42 Å². The van der Waals surface area contributed by atoms with E-state index >= 15 is 0 Å². The van der Waals surface area contributed by atoms with Crippen LogP contribution in [0.3, 0.4) is 0 Å². The van der Waals surface area contributed by atoms with Gasteiger partial charge in [-0.25, -0.2) is 0 Å². The van der Waals surface area contributed by atoms with E-state index in [0.717, 1.165) is 12.8 Å². The second kappa shape index (κ2) is 5.04. The first-order valence-electron chi connectivity index (χ1n) is 6.15. The summed E-state index contributed by atoms with van der Waals surface area (Å²) in [5, 5.41) is 12.5. The Balaban J connectivity index is 1.97. The Bertz CT molecular complexity index is 568. The molecule has 1 aliphatic rings. The molecule has 0 unspecified atom stereocenters. The summed E-state index contributed by atoms with van der Waals surface area (Å²) in [7, 11) is 0. The number of nitrogens with one attached hydrogen (secondary N) is 1. The van der Waals surface area contributed by atoms with Gasteiger partial charge >= 0.3 is 0 Å². The topological polar surface area (TPSA) is 32.3 Å². The van der Waals surface area contributed by atoms with Gasteiger partial charge in [-0.3, -0.25) is 0 Å². The van der Waals surface area contributed by atoms with Gasteiger partial charge in [-0.1, -0.05) is 36.0 Å². The molecule has 3 heteroatoms. The molecule has 1 heterocycles. The van der Waals surface area contributed by atoms with Gasteiger partial charge in [-0.2, -0.15) is 0 Å². The van der Waals surface area contributed by atoms with Crippen LogP contribution in [0, 0.1) is 0 Å². The number of benzene rings is 2. The molecule has 2 nitrogen and oxygen atoms in total. The average molecular weight is 257 g/mol. The summed E-state index contributed by atoms with van der Waals surface area (Å²) < 4.78 is 0. The molecule has 0 amide bonds. The SMILES string of the molecule is OCCCc1cccc2c1Nc1ccccc1S2. The molecule has 0 atom stereocenters. The van der Waals surface area contributed by atoms with Gasteiger partial charge < -0.3 is 10.4 Å². The molecule has 0 aromatic heterocycles. The first kappa shape index (κ1) is 11.6. The van der Waals surface area contributed by atoms with E-state index in [4.69, 9.17) is 5.11 Å². The monoisotopic (exact) mass is 257 g/mol. The highest BCUT2D eigenvalue weighted by Gasteiger charge is 2.17. The minimum absolute atomic E-state index is 0.243. The average Bonchev–Trinajstić information content (AvgIpc) is 2.43. The van der Waals surface area contributed by atoms with Crippen molar-refractivity contribution in [2.45, 2.75) is 22.6 Å². The third-order valence-electron chi connectivity index (χ3n) is 3.08. The largest absolute Gasteiger partial charge is 0.396 e. The van der Waals surface area contributed by atoms with Gasteiger partial charge in [-0.15, -0.1) is 0 Å². The summed E-state index contributed by atoms with van der Waals surface area (Å²) >= 11 is 1.81. The molecule has 2 aromatic carbocycles. The third kappa shape index (κ3) is 2.11. The third-order valence-corrected chi connectivity index (χ3v) is 4.22. The summed E-state index contributed by atoms with van der Waals surface area (Å²) in [6.45, 7) is 0.243. The lowest BCUT2D eigenvalue weighted by atomic mass is 10.1. The van der Waals surface area contributed by atoms with Gasteiger partial charge in [0.25, 0.3) is 0 Å². The van der Waals surface area contributed by atoms with Crippen LogP contribution in [0.5, 0.6) is 0 Å². The highest BCUT2D eigenvalue weighted by Crippen LogP contribution is 2.45. The maximum Gasteiger partial charge on any atom is 0.0558 e. The highest BCUT2D eigenvalue weighted by molar-refractivity contribution is 7.99. The van der Waals surface area contributed by atoms with Crippen molar-refractivity contribution >= 4 is 23.1 Å². The first-order valence-corrected chi connectivity index (χ1v) is 6.97. The number of fused-ring (bicyclic) bond motifs is 2. The standard InChI is InChI=1S/C15H15NOS/c17-10-4-6-11-5-3-9-14-15(11)16-12-7-1-2-8-13(12)18-14/h1-3,5,7-9,16-17H,4,6,10H2. The zero-order chi connectivity index (χ0) is 12.4. The van der Waals surface area contributed by atoms with Gasteiger partial charge in [0.05, 0.1) is 11.4 Å². The van der Waals surface area contributed by atoms with E-state index in [1.807, 2.05) is 6.07 Å². The van der Waals surface area contributed by atoms with E-state index in [9.17, 15) is 0 Å². The maximum atomic E-state index is 8.96. The minimum Gasteiger partial charge on any atom is -0.396 e. The summed E-state index contributed by atoms with van der Waals surface area (Å²) in [4.78, 5) is 2.54. The normalized spacial score (nSPS) is 12.5. The molecule has 0 fully saturated rings. The van der Waals surface area contributed by atoms with E-state index in [1.165, 1.54) is 26.7 Å². The fourth-order valence-electron chi connectivity index (χ4n) is 2.19. The predicted octanol–water partition coefficient (Wildman–Crippen LogP) is 3.82. The van der Waals surface area contributed by atoms with Crippen molar-refractivity contribution in [3.05, 3.63) is 48.0 Å². The molecule has 2 aromatic rings. The quantitative estimate of drug-likeness (QED) is 0.748. The van der Waals surface area contributed by atoms with E-state index in [0.29, 0.717) is 0 Å². The van der Waals surface area contributed by atoms with Gasteiger partial charge in [0.2, 0.25) is 0 Å². The van der Waals surface area contributed by atoms with Gasteiger partial charge in [0.15, 0.2) is 0 Å². The summed E-state index contributed by atoms with van der Waals surface area (Å²) in [6.07, 6.45) is 1.72. The molecule has 3 rings (SSSR count). The lowest BCUT2D eigenvalue weighted by Gasteiger charge is -2.23. The van der Waals surface area contributed by atoms with Crippen molar-refractivity contribution in [2.24, 2.45) is 0 Å². The molecule has 0 bridgehead atoms. The molecule has 0 saturated heterocycles. The predicted molar refractivity (Wildman–Crippen MR) is 75.7 cm³/mol. The lowest BCUT2D eigenvalue weighted by molar-refractivity contribution is 0.288. The van der Waals surface area contributed by atoms with Gasteiger partial charge in [0.1, 0.15) is 0 Å². The number of rotatable bonds is 3. The van der Waals surface area contributed by atoms with Crippen LogP contribution in [-0.4, -0.2) is 11.7 Å². The van der Waals surface area contributed by atoms with Crippen LogP contribution >= 0.6 is 11.8 Å². The molecule has 0 aliphatic carbocycles. The molecule has 0 radical (unpaired) electrons. The summed E-state index contributed by atoms with van der Waals surface area (Å²) in [5.41, 5.74) is 3.66. The molecule has 92 valence electrons. The zero-order valence-electron chi connectivity index (χ0n) is 10.0. The highest BCUT2D eigenvalue weighted by atomic mass is 32.2. The molecule has 0 saturated carbocycles. The molecule has 0 spiro atoms. The number of hydrogen-bond acceptors (Lipinski definition) is 3.